The van der Waals surface area contributed by atoms with Gasteiger partial charge in [-0.05, 0) is 26.0 Å². The maximum atomic E-state index is 5.92. The first-order valence-corrected chi connectivity index (χ1v) is 7.73. The van der Waals surface area contributed by atoms with E-state index >= 15 is 0 Å². The first-order valence-electron chi connectivity index (χ1n) is 6.91. The molecule has 0 aliphatic carbocycles. The molecule has 2 rings (SSSR count). The highest BCUT2D eigenvalue weighted by Gasteiger charge is 2.11. The Bertz CT molecular complexity index is 572. The Morgan fingerprint density at radius 3 is 2.60 bits per heavy atom. The predicted octanol–water partition coefficient (Wildman–Crippen LogP) is 3.18. The lowest BCUT2D eigenvalue weighted by atomic mass is 10.3. The lowest BCUT2D eigenvalue weighted by molar-refractivity contribution is 0.305. The molecule has 0 radical (unpaired) electrons. The fraction of sp³-hybridized carbons (Fsp3) is 0.533. The van der Waals surface area contributed by atoms with Crippen molar-refractivity contribution < 1.29 is 4.74 Å². The zero-order valence-corrected chi connectivity index (χ0v) is 13.7. The molecule has 0 spiro atoms. The van der Waals surface area contributed by atoms with Crippen molar-refractivity contribution in [2.45, 2.75) is 46.9 Å². The average molecular weight is 293 g/mol. The van der Waals surface area contributed by atoms with Crippen LogP contribution in [0.3, 0.4) is 0 Å². The minimum absolute atomic E-state index is 0.512. The Hall–Kier alpha value is -1.33. The fourth-order valence-corrected chi connectivity index (χ4v) is 2.89. The molecular weight excluding hydrogens is 270 g/mol. The lowest BCUT2D eigenvalue weighted by Gasteiger charge is -2.06. The summed E-state index contributed by atoms with van der Waals surface area (Å²) in [7, 11) is 1.94. The monoisotopic (exact) mass is 293 g/mol. The second-order valence-corrected chi connectivity index (χ2v) is 6.57. The molecule has 20 heavy (non-hydrogen) atoms. The number of ether oxygens (including phenoxy) is 1. The summed E-state index contributed by atoms with van der Waals surface area (Å²) in [5.41, 5.74) is 2.02. The molecule has 2 aromatic heterocycles. The second-order valence-electron chi connectivity index (χ2n) is 5.32. The maximum Gasteiger partial charge on any atom is 0.163 e. The average Bonchev–Trinajstić information content (AvgIpc) is 2.92. The number of hydrogen-bond donors (Lipinski definition) is 1. The number of thiophene rings is 1. The Kier molecular flexibility index (Phi) is 4.83. The SMILES string of the molecule is Cc1nn(C)c(C)c1OCc1ccc(CNC(C)C)s1. The van der Waals surface area contributed by atoms with Crippen LogP contribution < -0.4 is 10.1 Å². The van der Waals surface area contributed by atoms with E-state index < -0.39 is 0 Å². The lowest BCUT2D eigenvalue weighted by Crippen LogP contribution is -2.21. The summed E-state index contributed by atoms with van der Waals surface area (Å²) in [4.78, 5) is 2.59. The Morgan fingerprint density at radius 2 is 2.00 bits per heavy atom. The van der Waals surface area contributed by atoms with Crippen molar-refractivity contribution in [2.24, 2.45) is 7.05 Å². The molecule has 1 N–H and O–H groups in total. The summed E-state index contributed by atoms with van der Waals surface area (Å²) >= 11 is 1.80. The van der Waals surface area contributed by atoms with E-state index in [1.54, 1.807) is 11.3 Å². The van der Waals surface area contributed by atoms with Crippen LogP contribution in [-0.2, 0) is 20.2 Å². The van der Waals surface area contributed by atoms with E-state index in [0.717, 1.165) is 23.7 Å². The standard InChI is InChI=1S/C15H23N3OS/c1-10(2)16-8-13-6-7-14(20-13)9-19-15-11(3)17-18(5)12(15)4/h6-7,10,16H,8-9H2,1-5H3. The van der Waals surface area contributed by atoms with Crippen LogP contribution in [0.25, 0.3) is 0 Å². The van der Waals surface area contributed by atoms with E-state index in [9.17, 15) is 0 Å². The van der Waals surface area contributed by atoms with Gasteiger partial charge in [-0.2, -0.15) is 5.10 Å². The topological polar surface area (TPSA) is 39.1 Å². The van der Waals surface area contributed by atoms with Gasteiger partial charge in [-0.3, -0.25) is 4.68 Å². The zero-order valence-electron chi connectivity index (χ0n) is 12.9. The molecule has 0 aliphatic heterocycles. The third kappa shape index (κ3) is 3.61. The van der Waals surface area contributed by atoms with Crippen LogP contribution in [0, 0.1) is 13.8 Å². The van der Waals surface area contributed by atoms with Crippen molar-refractivity contribution in [1.29, 1.82) is 0 Å². The highest BCUT2D eigenvalue weighted by molar-refractivity contribution is 7.11. The quantitative estimate of drug-likeness (QED) is 0.889. The highest BCUT2D eigenvalue weighted by Crippen LogP contribution is 2.24. The molecule has 0 aromatic carbocycles. The van der Waals surface area contributed by atoms with Crippen molar-refractivity contribution in [3.8, 4) is 5.75 Å². The second kappa shape index (κ2) is 6.41. The molecule has 5 heteroatoms. The molecule has 0 saturated heterocycles. The van der Waals surface area contributed by atoms with Crippen LogP contribution in [0.5, 0.6) is 5.75 Å². The highest BCUT2D eigenvalue weighted by atomic mass is 32.1. The number of nitrogens with zero attached hydrogens (tertiary/aromatic N) is 2. The largest absolute Gasteiger partial charge is 0.484 e. The van der Waals surface area contributed by atoms with Crippen molar-refractivity contribution in [3.05, 3.63) is 33.3 Å². The first kappa shape index (κ1) is 15.1. The zero-order chi connectivity index (χ0) is 14.7. The molecule has 0 atom stereocenters. The van der Waals surface area contributed by atoms with Crippen LogP contribution in [0.1, 0.15) is 35.0 Å². The van der Waals surface area contributed by atoms with Gasteiger partial charge in [0.2, 0.25) is 0 Å². The van der Waals surface area contributed by atoms with E-state index in [4.69, 9.17) is 4.74 Å². The van der Waals surface area contributed by atoms with Crippen LogP contribution in [0.4, 0.5) is 0 Å². The van der Waals surface area contributed by atoms with Crippen LogP contribution in [0.15, 0.2) is 12.1 Å². The summed E-state index contributed by atoms with van der Waals surface area (Å²) in [5, 5.41) is 7.79. The van der Waals surface area contributed by atoms with Crippen molar-refractivity contribution in [1.82, 2.24) is 15.1 Å². The van der Waals surface area contributed by atoms with Crippen molar-refractivity contribution in [2.75, 3.05) is 0 Å². The van der Waals surface area contributed by atoms with Crippen LogP contribution in [0.2, 0.25) is 0 Å². The van der Waals surface area contributed by atoms with Gasteiger partial charge in [-0.1, -0.05) is 13.8 Å². The number of aromatic nitrogens is 2. The number of aryl methyl sites for hydroxylation is 2. The van der Waals surface area contributed by atoms with Gasteiger partial charge in [0.05, 0.1) is 5.69 Å². The van der Waals surface area contributed by atoms with E-state index in [1.165, 1.54) is 9.75 Å². The van der Waals surface area contributed by atoms with Gasteiger partial charge < -0.3 is 10.1 Å². The Balaban J connectivity index is 1.94. The van der Waals surface area contributed by atoms with E-state index in [0.29, 0.717) is 12.6 Å². The summed E-state index contributed by atoms with van der Waals surface area (Å²) in [6.45, 7) is 9.86. The molecular formula is C15H23N3OS. The van der Waals surface area contributed by atoms with Gasteiger partial charge in [-0.25, -0.2) is 0 Å². The van der Waals surface area contributed by atoms with Crippen molar-refractivity contribution >= 4 is 11.3 Å². The molecule has 4 nitrogen and oxygen atoms in total. The molecule has 0 bridgehead atoms. The molecule has 2 heterocycles. The van der Waals surface area contributed by atoms with Gasteiger partial charge in [0.25, 0.3) is 0 Å². The van der Waals surface area contributed by atoms with Gasteiger partial charge in [-0.15, -0.1) is 11.3 Å². The minimum atomic E-state index is 0.512. The summed E-state index contributed by atoms with van der Waals surface area (Å²) < 4.78 is 7.78. The summed E-state index contributed by atoms with van der Waals surface area (Å²) in [6.07, 6.45) is 0. The summed E-state index contributed by atoms with van der Waals surface area (Å²) in [6, 6.07) is 4.82. The number of rotatable bonds is 6. The molecule has 110 valence electrons. The maximum absolute atomic E-state index is 5.92. The van der Waals surface area contributed by atoms with Crippen molar-refractivity contribution in [3.63, 3.8) is 0 Å². The molecule has 2 aromatic rings. The van der Waals surface area contributed by atoms with Gasteiger partial charge in [0.1, 0.15) is 12.3 Å². The van der Waals surface area contributed by atoms with Crippen LogP contribution >= 0.6 is 11.3 Å². The Morgan fingerprint density at radius 1 is 1.30 bits per heavy atom. The van der Waals surface area contributed by atoms with E-state index in [1.807, 2.05) is 25.6 Å². The molecule has 0 fully saturated rings. The smallest absolute Gasteiger partial charge is 0.163 e. The first-order chi connectivity index (χ1) is 9.47. The Labute approximate surface area is 124 Å². The minimum Gasteiger partial charge on any atom is -0.484 e. The van der Waals surface area contributed by atoms with Gasteiger partial charge in [0, 0.05) is 29.4 Å². The van der Waals surface area contributed by atoms with E-state index in [-0.39, 0.29) is 0 Å². The molecule has 0 amide bonds. The third-order valence-corrected chi connectivity index (χ3v) is 4.26. The predicted molar refractivity (Wildman–Crippen MR) is 83.3 cm³/mol. The van der Waals surface area contributed by atoms with E-state index in [2.05, 4.69) is 36.4 Å². The number of hydrogen-bond acceptors (Lipinski definition) is 4. The molecule has 0 saturated carbocycles. The molecule has 0 aliphatic rings. The third-order valence-electron chi connectivity index (χ3n) is 3.20. The number of nitrogens with one attached hydrogen (secondary N) is 1. The molecule has 0 unspecified atom stereocenters. The normalized spacial score (nSPS) is 11.3. The van der Waals surface area contributed by atoms with Gasteiger partial charge in [0.15, 0.2) is 5.75 Å². The van der Waals surface area contributed by atoms with Crippen LogP contribution in [-0.4, -0.2) is 15.8 Å². The summed E-state index contributed by atoms with van der Waals surface area (Å²) in [5.74, 6) is 0.905. The fourth-order valence-electron chi connectivity index (χ4n) is 2.01. The van der Waals surface area contributed by atoms with Gasteiger partial charge >= 0.3 is 0 Å².